The van der Waals surface area contributed by atoms with Gasteiger partial charge in [0.2, 0.25) is 0 Å². The molecule has 0 aliphatic heterocycles. The average Bonchev–Trinajstić information content (AvgIpc) is 2.61. The molecule has 17 heavy (non-hydrogen) atoms. The molecule has 0 unspecified atom stereocenters. The van der Waals surface area contributed by atoms with Crippen molar-refractivity contribution in [1.29, 1.82) is 0 Å². The number of nitrogens with zero attached hydrogens (tertiary/aromatic N) is 1. The number of rotatable bonds is 3. The van der Waals surface area contributed by atoms with Crippen LogP contribution in [0.3, 0.4) is 0 Å². The van der Waals surface area contributed by atoms with Crippen molar-refractivity contribution in [3.63, 3.8) is 0 Å². The minimum atomic E-state index is 0.488. The quantitative estimate of drug-likeness (QED) is 0.860. The highest BCUT2D eigenvalue weighted by Crippen LogP contribution is 2.23. The van der Waals surface area contributed by atoms with Crippen LogP contribution in [0, 0.1) is 20.8 Å². The van der Waals surface area contributed by atoms with E-state index < -0.39 is 0 Å². The maximum absolute atomic E-state index is 5.73. The average molecular weight is 296 g/mol. The molecule has 0 aliphatic rings. The SMILES string of the molecule is Cc1cc(OCc2c(C)noc2C)ccc1Br. The van der Waals surface area contributed by atoms with Crippen LogP contribution in [0.25, 0.3) is 0 Å². The monoisotopic (exact) mass is 295 g/mol. The molecule has 3 nitrogen and oxygen atoms in total. The van der Waals surface area contributed by atoms with Crippen LogP contribution >= 0.6 is 15.9 Å². The fourth-order valence-corrected chi connectivity index (χ4v) is 1.82. The number of aromatic nitrogens is 1. The van der Waals surface area contributed by atoms with Crippen LogP contribution in [-0.4, -0.2) is 5.16 Å². The number of hydrogen-bond donors (Lipinski definition) is 0. The second-order valence-electron chi connectivity index (χ2n) is 4.00. The summed E-state index contributed by atoms with van der Waals surface area (Å²) in [5.41, 5.74) is 3.06. The summed E-state index contributed by atoms with van der Waals surface area (Å²) in [6.07, 6.45) is 0. The van der Waals surface area contributed by atoms with Crippen molar-refractivity contribution < 1.29 is 9.26 Å². The molecule has 1 heterocycles. The van der Waals surface area contributed by atoms with Gasteiger partial charge in [0.25, 0.3) is 0 Å². The molecule has 0 amide bonds. The molecule has 0 aliphatic carbocycles. The summed E-state index contributed by atoms with van der Waals surface area (Å²) < 4.78 is 11.9. The first-order chi connectivity index (χ1) is 8.08. The molecule has 90 valence electrons. The van der Waals surface area contributed by atoms with E-state index in [2.05, 4.69) is 21.1 Å². The van der Waals surface area contributed by atoms with Crippen LogP contribution in [0.1, 0.15) is 22.6 Å². The number of halogens is 1. The number of benzene rings is 1. The van der Waals surface area contributed by atoms with Crippen molar-refractivity contribution in [2.75, 3.05) is 0 Å². The Labute approximate surface area is 109 Å². The summed E-state index contributed by atoms with van der Waals surface area (Å²) >= 11 is 3.46. The first-order valence-electron chi connectivity index (χ1n) is 5.38. The third-order valence-electron chi connectivity index (χ3n) is 2.69. The maximum Gasteiger partial charge on any atom is 0.140 e. The first kappa shape index (κ1) is 12.2. The summed E-state index contributed by atoms with van der Waals surface area (Å²) in [5.74, 6) is 1.67. The van der Waals surface area contributed by atoms with E-state index in [1.54, 1.807) is 0 Å². The largest absolute Gasteiger partial charge is 0.489 e. The number of ether oxygens (including phenoxy) is 1. The topological polar surface area (TPSA) is 35.3 Å². The molecular formula is C13H14BrNO2. The Kier molecular flexibility index (Phi) is 3.52. The summed E-state index contributed by atoms with van der Waals surface area (Å²) in [6, 6.07) is 5.93. The molecule has 1 aromatic heterocycles. The van der Waals surface area contributed by atoms with Crippen LogP contribution in [0.2, 0.25) is 0 Å². The van der Waals surface area contributed by atoms with Gasteiger partial charge in [0, 0.05) is 4.47 Å². The van der Waals surface area contributed by atoms with Crippen molar-refractivity contribution in [2.45, 2.75) is 27.4 Å². The third-order valence-corrected chi connectivity index (χ3v) is 3.58. The van der Waals surface area contributed by atoms with Crippen LogP contribution in [-0.2, 0) is 6.61 Å². The predicted molar refractivity (Wildman–Crippen MR) is 69.2 cm³/mol. The lowest BCUT2D eigenvalue weighted by molar-refractivity contribution is 0.301. The Morgan fingerprint density at radius 1 is 1.29 bits per heavy atom. The Hall–Kier alpha value is -1.29. The predicted octanol–water partition coefficient (Wildman–Crippen LogP) is 3.94. The molecule has 0 saturated heterocycles. The zero-order valence-electron chi connectivity index (χ0n) is 10.1. The molecule has 0 bridgehead atoms. The van der Waals surface area contributed by atoms with Crippen molar-refractivity contribution >= 4 is 15.9 Å². The standard InChI is InChI=1S/C13H14BrNO2/c1-8-6-11(4-5-13(8)14)16-7-12-9(2)15-17-10(12)3/h4-6H,7H2,1-3H3. The fraction of sp³-hybridized carbons (Fsp3) is 0.308. The molecule has 1 aromatic carbocycles. The molecule has 0 N–H and O–H groups in total. The molecule has 0 radical (unpaired) electrons. The first-order valence-corrected chi connectivity index (χ1v) is 6.18. The molecular weight excluding hydrogens is 282 g/mol. The van der Waals surface area contributed by atoms with Gasteiger partial charge in [-0.1, -0.05) is 21.1 Å². The van der Waals surface area contributed by atoms with Gasteiger partial charge in [-0.3, -0.25) is 0 Å². The second kappa shape index (κ2) is 4.92. The van der Waals surface area contributed by atoms with Gasteiger partial charge in [-0.15, -0.1) is 0 Å². The molecule has 0 atom stereocenters. The minimum Gasteiger partial charge on any atom is -0.489 e. The Morgan fingerprint density at radius 2 is 2.06 bits per heavy atom. The van der Waals surface area contributed by atoms with Gasteiger partial charge in [0.1, 0.15) is 18.1 Å². The Morgan fingerprint density at radius 3 is 2.65 bits per heavy atom. The van der Waals surface area contributed by atoms with Crippen LogP contribution in [0.15, 0.2) is 27.2 Å². The molecule has 0 saturated carbocycles. The van der Waals surface area contributed by atoms with Gasteiger partial charge >= 0.3 is 0 Å². The zero-order chi connectivity index (χ0) is 12.4. The van der Waals surface area contributed by atoms with E-state index >= 15 is 0 Å². The molecule has 2 rings (SSSR count). The van der Waals surface area contributed by atoms with Gasteiger partial charge in [0.15, 0.2) is 0 Å². The number of hydrogen-bond acceptors (Lipinski definition) is 3. The van der Waals surface area contributed by atoms with Crippen molar-refractivity contribution in [3.05, 3.63) is 45.3 Å². The highest BCUT2D eigenvalue weighted by atomic mass is 79.9. The summed E-state index contributed by atoms with van der Waals surface area (Å²) in [7, 11) is 0. The molecule has 0 spiro atoms. The van der Waals surface area contributed by atoms with Gasteiger partial charge < -0.3 is 9.26 Å². The summed E-state index contributed by atoms with van der Waals surface area (Å²) in [5, 5.41) is 3.90. The van der Waals surface area contributed by atoms with E-state index in [-0.39, 0.29) is 0 Å². The third kappa shape index (κ3) is 2.69. The van der Waals surface area contributed by atoms with Gasteiger partial charge in [-0.2, -0.15) is 0 Å². The lowest BCUT2D eigenvalue weighted by Crippen LogP contribution is -1.98. The zero-order valence-corrected chi connectivity index (χ0v) is 11.7. The fourth-order valence-electron chi connectivity index (χ4n) is 1.57. The Balaban J connectivity index is 2.10. The lowest BCUT2D eigenvalue weighted by atomic mass is 10.2. The van der Waals surface area contributed by atoms with Crippen molar-refractivity contribution in [1.82, 2.24) is 5.16 Å². The highest BCUT2D eigenvalue weighted by Gasteiger charge is 2.09. The maximum atomic E-state index is 5.73. The van der Waals surface area contributed by atoms with E-state index in [1.165, 1.54) is 0 Å². The van der Waals surface area contributed by atoms with Crippen LogP contribution in [0.4, 0.5) is 0 Å². The van der Waals surface area contributed by atoms with Gasteiger partial charge in [-0.25, -0.2) is 0 Å². The minimum absolute atomic E-state index is 0.488. The highest BCUT2D eigenvalue weighted by molar-refractivity contribution is 9.10. The normalized spacial score (nSPS) is 10.6. The van der Waals surface area contributed by atoms with E-state index in [0.717, 1.165) is 32.8 Å². The molecule has 0 fully saturated rings. The molecule has 4 heteroatoms. The lowest BCUT2D eigenvalue weighted by Gasteiger charge is -2.07. The molecule has 2 aromatic rings. The van der Waals surface area contributed by atoms with Gasteiger partial charge in [-0.05, 0) is 44.5 Å². The van der Waals surface area contributed by atoms with Crippen LogP contribution < -0.4 is 4.74 Å². The Bertz CT molecular complexity index is 515. The second-order valence-corrected chi connectivity index (χ2v) is 4.86. The van der Waals surface area contributed by atoms with Crippen molar-refractivity contribution in [3.8, 4) is 5.75 Å². The van der Waals surface area contributed by atoms with E-state index in [0.29, 0.717) is 6.61 Å². The smallest absolute Gasteiger partial charge is 0.140 e. The van der Waals surface area contributed by atoms with E-state index in [1.807, 2.05) is 39.0 Å². The number of aryl methyl sites for hydroxylation is 3. The van der Waals surface area contributed by atoms with Crippen LogP contribution in [0.5, 0.6) is 5.75 Å². The van der Waals surface area contributed by atoms with Crippen molar-refractivity contribution in [2.24, 2.45) is 0 Å². The summed E-state index contributed by atoms with van der Waals surface area (Å²) in [6.45, 7) is 6.34. The van der Waals surface area contributed by atoms with E-state index in [9.17, 15) is 0 Å². The van der Waals surface area contributed by atoms with Gasteiger partial charge in [0.05, 0.1) is 11.3 Å². The van der Waals surface area contributed by atoms with E-state index in [4.69, 9.17) is 9.26 Å². The summed E-state index contributed by atoms with van der Waals surface area (Å²) in [4.78, 5) is 0.